The van der Waals surface area contributed by atoms with Crippen molar-refractivity contribution in [2.45, 2.75) is 13.0 Å². The summed E-state index contributed by atoms with van der Waals surface area (Å²) in [5.41, 5.74) is 3.78. The van der Waals surface area contributed by atoms with Crippen LogP contribution in [0.2, 0.25) is 0 Å². The third-order valence-electron chi connectivity index (χ3n) is 3.29. The van der Waals surface area contributed by atoms with E-state index in [1.165, 1.54) is 22.0 Å². The van der Waals surface area contributed by atoms with Crippen LogP contribution in [0.25, 0.3) is 10.9 Å². The lowest BCUT2D eigenvalue weighted by Crippen LogP contribution is -2.09. The summed E-state index contributed by atoms with van der Waals surface area (Å²) in [7, 11) is 1.98. The van der Waals surface area contributed by atoms with Crippen molar-refractivity contribution in [2.75, 3.05) is 13.6 Å². The van der Waals surface area contributed by atoms with Gasteiger partial charge in [0.2, 0.25) is 0 Å². The molecule has 5 nitrogen and oxygen atoms in total. The predicted molar refractivity (Wildman–Crippen MR) is 82.3 cm³/mol. The monoisotopic (exact) mass is 291 g/mol. The Bertz CT molecular complexity index is 659. The Morgan fingerprint density at radius 1 is 1.35 bits per heavy atom. The Morgan fingerprint density at radius 3 is 3.00 bits per heavy atom. The maximum atomic E-state index is 4.14. The standard InChI is InChI=1S/C14H17N5.ClH/c1-15-5-4-12-7-17-14-3-2-11(6-13(12)14)8-19-10-16-9-18-19;/h2-3,6-7,9-10,15,17H,4-5,8H2,1H3;1H. The second-order valence-electron chi connectivity index (χ2n) is 4.64. The Kier molecular flexibility index (Phi) is 4.76. The topological polar surface area (TPSA) is 58.5 Å². The van der Waals surface area contributed by atoms with Crippen molar-refractivity contribution in [3.63, 3.8) is 0 Å². The molecule has 20 heavy (non-hydrogen) atoms. The van der Waals surface area contributed by atoms with Gasteiger partial charge in [-0.25, -0.2) is 9.67 Å². The number of hydrogen-bond acceptors (Lipinski definition) is 3. The maximum absolute atomic E-state index is 4.14. The van der Waals surface area contributed by atoms with Crippen molar-refractivity contribution in [3.8, 4) is 0 Å². The SMILES string of the molecule is CNCCc1c[nH]c2ccc(Cn3cncn3)cc12.Cl. The van der Waals surface area contributed by atoms with Crippen LogP contribution in [0.4, 0.5) is 0 Å². The molecule has 0 atom stereocenters. The average molecular weight is 292 g/mol. The normalized spacial score (nSPS) is 10.7. The Labute approximate surface area is 123 Å². The molecule has 0 radical (unpaired) electrons. The van der Waals surface area contributed by atoms with E-state index in [1.807, 2.05) is 11.7 Å². The van der Waals surface area contributed by atoms with E-state index >= 15 is 0 Å². The molecule has 2 aromatic heterocycles. The number of fused-ring (bicyclic) bond motifs is 1. The van der Waals surface area contributed by atoms with Crippen molar-refractivity contribution in [2.24, 2.45) is 0 Å². The largest absolute Gasteiger partial charge is 0.361 e. The first kappa shape index (κ1) is 14.6. The molecule has 0 spiro atoms. The molecule has 0 aliphatic heterocycles. The number of halogens is 1. The van der Waals surface area contributed by atoms with Gasteiger partial charge in [0.15, 0.2) is 0 Å². The summed E-state index contributed by atoms with van der Waals surface area (Å²) in [5.74, 6) is 0. The van der Waals surface area contributed by atoms with E-state index < -0.39 is 0 Å². The van der Waals surface area contributed by atoms with Crippen molar-refractivity contribution in [1.82, 2.24) is 25.1 Å². The van der Waals surface area contributed by atoms with E-state index in [4.69, 9.17) is 0 Å². The fourth-order valence-electron chi connectivity index (χ4n) is 2.29. The lowest BCUT2D eigenvalue weighted by molar-refractivity contribution is 0.685. The number of aromatic amines is 1. The number of H-pyrrole nitrogens is 1. The van der Waals surface area contributed by atoms with Crippen LogP contribution < -0.4 is 5.32 Å². The number of aromatic nitrogens is 4. The number of rotatable bonds is 5. The highest BCUT2D eigenvalue weighted by atomic mass is 35.5. The molecule has 0 unspecified atom stereocenters. The molecule has 0 aliphatic carbocycles. The molecule has 0 amide bonds. The molecule has 0 aliphatic rings. The summed E-state index contributed by atoms with van der Waals surface area (Å²) in [6.07, 6.45) is 6.43. The molecule has 6 heteroatoms. The lowest BCUT2D eigenvalue weighted by atomic mass is 10.1. The summed E-state index contributed by atoms with van der Waals surface area (Å²) in [6, 6.07) is 6.49. The minimum absolute atomic E-state index is 0. The average Bonchev–Trinajstić information content (AvgIpc) is 3.06. The first-order valence-corrected chi connectivity index (χ1v) is 6.43. The molecule has 0 fully saturated rings. The molecule has 2 heterocycles. The van der Waals surface area contributed by atoms with Crippen molar-refractivity contribution >= 4 is 23.3 Å². The lowest BCUT2D eigenvalue weighted by Gasteiger charge is -2.03. The van der Waals surface area contributed by atoms with E-state index in [0.717, 1.165) is 19.5 Å². The van der Waals surface area contributed by atoms with Crippen molar-refractivity contribution in [3.05, 3.63) is 48.2 Å². The molecule has 0 saturated heterocycles. The van der Waals surface area contributed by atoms with Crippen LogP contribution in [0.15, 0.2) is 37.1 Å². The van der Waals surface area contributed by atoms with Gasteiger partial charge in [-0.2, -0.15) is 5.10 Å². The van der Waals surface area contributed by atoms with Gasteiger partial charge >= 0.3 is 0 Å². The summed E-state index contributed by atoms with van der Waals surface area (Å²) < 4.78 is 1.83. The van der Waals surface area contributed by atoms with Gasteiger partial charge < -0.3 is 10.3 Å². The van der Waals surface area contributed by atoms with Crippen molar-refractivity contribution in [1.29, 1.82) is 0 Å². The van der Waals surface area contributed by atoms with E-state index in [0.29, 0.717) is 0 Å². The quantitative estimate of drug-likeness (QED) is 0.756. The van der Waals surface area contributed by atoms with Crippen LogP contribution in [0, 0.1) is 0 Å². The first-order chi connectivity index (χ1) is 9.36. The highest BCUT2D eigenvalue weighted by molar-refractivity contribution is 5.85. The molecule has 2 N–H and O–H groups in total. The summed E-state index contributed by atoms with van der Waals surface area (Å²) in [4.78, 5) is 7.29. The number of hydrogen-bond donors (Lipinski definition) is 2. The van der Waals surface area contributed by atoms with Crippen LogP contribution in [-0.4, -0.2) is 33.3 Å². The summed E-state index contributed by atoms with van der Waals surface area (Å²) in [6.45, 7) is 1.74. The summed E-state index contributed by atoms with van der Waals surface area (Å²) in [5, 5.41) is 8.62. The first-order valence-electron chi connectivity index (χ1n) is 6.43. The Balaban J connectivity index is 0.00000147. The summed E-state index contributed by atoms with van der Waals surface area (Å²) >= 11 is 0. The zero-order valence-electron chi connectivity index (χ0n) is 11.3. The van der Waals surface area contributed by atoms with Gasteiger partial charge in [-0.05, 0) is 43.3 Å². The minimum Gasteiger partial charge on any atom is -0.361 e. The van der Waals surface area contributed by atoms with E-state index in [2.05, 4.69) is 44.8 Å². The van der Waals surface area contributed by atoms with Crippen LogP contribution in [0.3, 0.4) is 0 Å². The second-order valence-corrected chi connectivity index (χ2v) is 4.64. The van der Waals surface area contributed by atoms with Gasteiger partial charge in [0.05, 0.1) is 6.54 Å². The second kappa shape index (κ2) is 6.54. The zero-order chi connectivity index (χ0) is 13.1. The highest BCUT2D eigenvalue weighted by Gasteiger charge is 2.05. The maximum Gasteiger partial charge on any atom is 0.137 e. The number of likely N-dealkylation sites (N-methyl/N-ethyl adjacent to an activating group) is 1. The zero-order valence-corrected chi connectivity index (χ0v) is 12.2. The molecule has 106 valence electrons. The van der Waals surface area contributed by atoms with Crippen LogP contribution in [-0.2, 0) is 13.0 Å². The van der Waals surface area contributed by atoms with Gasteiger partial charge in [0, 0.05) is 17.1 Å². The number of benzene rings is 1. The van der Waals surface area contributed by atoms with Gasteiger partial charge in [-0.15, -0.1) is 12.4 Å². The third kappa shape index (κ3) is 3.00. The molecular weight excluding hydrogens is 274 g/mol. The van der Waals surface area contributed by atoms with E-state index in [9.17, 15) is 0 Å². The highest BCUT2D eigenvalue weighted by Crippen LogP contribution is 2.20. The third-order valence-corrected chi connectivity index (χ3v) is 3.29. The molecule has 0 bridgehead atoms. The molecule has 0 saturated carbocycles. The molecule has 3 rings (SSSR count). The molecular formula is C14H18ClN5. The fraction of sp³-hybridized carbons (Fsp3) is 0.286. The fourth-order valence-corrected chi connectivity index (χ4v) is 2.29. The molecule has 3 aromatic rings. The van der Waals surface area contributed by atoms with E-state index in [-0.39, 0.29) is 12.4 Å². The predicted octanol–water partition coefficient (Wildman–Crippen LogP) is 1.99. The number of nitrogens with zero attached hydrogens (tertiary/aromatic N) is 3. The Hall–Kier alpha value is -1.85. The van der Waals surface area contributed by atoms with Crippen molar-refractivity contribution < 1.29 is 0 Å². The molecule has 1 aromatic carbocycles. The van der Waals surface area contributed by atoms with E-state index in [1.54, 1.807) is 12.7 Å². The van der Waals surface area contributed by atoms with Crippen LogP contribution >= 0.6 is 12.4 Å². The minimum atomic E-state index is 0. The van der Waals surface area contributed by atoms with Gasteiger partial charge in [0.25, 0.3) is 0 Å². The van der Waals surface area contributed by atoms with Gasteiger partial charge in [-0.3, -0.25) is 0 Å². The Morgan fingerprint density at radius 2 is 2.25 bits per heavy atom. The van der Waals surface area contributed by atoms with Gasteiger partial charge in [0.1, 0.15) is 12.7 Å². The van der Waals surface area contributed by atoms with Gasteiger partial charge in [-0.1, -0.05) is 6.07 Å². The smallest absolute Gasteiger partial charge is 0.137 e. The number of nitrogens with one attached hydrogen (secondary N) is 2. The van der Waals surface area contributed by atoms with Crippen LogP contribution in [0.1, 0.15) is 11.1 Å². The van der Waals surface area contributed by atoms with Crippen LogP contribution in [0.5, 0.6) is 0 Å².